The smallest absolute Gasteiger partial charge is 0.203 e. The molecule has 0 bridgehead atoms. The number of furan rings is 1. The standard InChI is InChI=1S/C14H15FO2/c1-8-5-6-9-7-10(13(16)14(2,3)4)17-12(9)11(8)15/h5-7H,1-4H3. The van der Waals surface area contributed by atoms with Gasteiger partial charge >= 0.3 is 0 Å². The first kappa shape index (κ1) is 11.8. The van der Waals surface area contributed by atoms with Crippen molar-refractivity contribution in [3.8, 4) is 0 Å². The summed E-state index contributed by atoms with van der Waals surface area (Å²) in [6.07, 6.45) is 0. The Bertz CT molecular complexity index is 588. The average molecular weight is 234 g/mol. The van der Waals surface area contributed by atoms with E-state index in [4.69, 9.17) is 4.42 Å². The molecule has 1 aromatic carbocycles. The van der Waals surface area contributed by atoms with Gasteiger partial charge in [-0.25, -0.2) is 4.39 Å². The Morgan fingerprint density at radius 1 is 1.29 bits per heavy atom. The molecule has 1 heterocycles. The first-order valence-electron chi connectivity index (χ1n) is 5.54. The fourth-order valence-corrected chi connectivity index (χ4v) is 1.65. The third kappa shape index (κ3) is 1.97. The molecular formula is C14H15FO2. The predicted octanol–water partition coefficient (Wildman–Crippen LogP) is 4.11. The SMILES string of the molecule is Cc1ccc2cc(C(=O)C(C)(C)C)oc2c1F. The highest BCUT2D eigenvalue weighted by molar-refractivity contribution is 6.00. The summed E-state index contributed by atoms with van der Waals surface area (Å²) in [4.78, 5) is 12.0. The zero-order valence-corrected chi connectivity index (χ0v) is 10.4. The highest BCUT2D eigenvalue weighted by Crippen LogP contribution is 2.28. The first-order valence-corrected chi connectivity index (χ1v) is 5.54. The lowest BCUT2D eigenvalue weighted by Crippen LogP contribution is -2.19. The molecular weight excluding hydrogens is 219 g/mol. The zero-order chi connectivity index (χ0) is 12.8. The van der Waals surface area contributed by atoms with Gasteiger partial charge in [0.25, 0.3) is 0 Å². The predicted molar refractivity (Wildman–Crippen MR) is 64.7 cm³/mol. The van der Waals surface area contributed by atoms with Crippen molar-refractivity contribution in [2.24, 2.45) is 5.41 Å². The van der Waals surface area contributed by atoms with E-state index in [0.29, 0.717) is 10.9 Å². The second-order valence-electron chi connectivity index (χ2n) is 5.30. The second kappa shape index (κ2) is 3.69. The Labute approximate surface area is 99.4 Å². The van der Waals surface area contributed by atoms with Gasteiger partial charge in [-0.2, -0.15) is 0 Å². The third-order valence-corrected chi connectivity index (χ3v) is 2.72. The van der Waals surface area contributed by atoms with E-state index in [2.05, 4.69) is 0 Å². The molecule has 2 rings (SSSR count). The van der Waals surface area contributed by atoms with Crippen molar-refractivity contribution in [3.05, 3.63) is 35.3 Å². The van der Waals surface area contributed by atoms with Crippen LogP contribution in [0.1, 0.15) is 36.9 Å². The Morgan fingerprint density at radius 3 is 2.53 bits per heavy atom. The highest BCUT2D eigenvalue weighted by Gasteiger charge is 2.26. The lowest BCUT2D eigenvalue weighted by atomic mass is 9.89. The van der Waals surface area contributed by atoms with E-state index >= 15 is 0 Å². The summed E-state index contributed by atoms with van der Waals surface area (Å²) in [5, 5.41) is 0.626. The fraction of sp³-hybridized carbons (Fsp3) is 0.357. The molecule has 0 aliphatic heterocycles. The van der Waals surface area contributed by atoms with Crippen molar-refractivity contribution in [1.82, 2.24) is 0 Å². The number of carbonyl (C=O) groups excluding carboxylic acids is 1. The molecule has 0 atom stereocenters. The number of hydrogen-bond acceptors (Lipinski definition) is 2. The molecule has 0 N–H and O–H groups in total. The summed E-state index contributed by atoms with van der Waals surface area (Å²) in [5.74, 6) is -0.293. The number of carbonyl (C=O) groups is 1. The summed E-state index contributed by atoms with van der Waals surface area (Å²) < 4.78 is 19.1. The number of rotatable bonds is 1. The van der Waals surface area contributed by atoms with Gasteiger partial charge in [0.15, 0.2) is 17.2 Å². The van der Waals surface area contributed by atoms with E-state index in [0.717, 1.165) is 0 Å². The van der Waals surface area contributed by atoms with Gasteiger partial charge in [0, 0.05) is 10.8 Å². The van der Waals surface area contributed by atoms with Gasteiger partial charge < -0.3 is 4.42 Å². The maximum atomic E-state index is 13.8. The van der Waals surface area contributed by atoms with Gasteiger partial charge in [0.05, 0.1) is 0 Å². The highest BCUT2D eigenvalue weighted by atomic mass is 19.1. The van der Waals surface area contributed by atoms with Gasteiger partial charge in [-0.05, 0) is 18.6 Å². The number of benzene rings is 1. The Kier molecular flexibility index (Phi) is 2.57. The van der Waals surface area contributed by atoms with Crippen LogP contribution in [0.3, 0.4) is 0 Å². The van der Waals surface area contributed by atoms with Crippen LogP contribution >= 0.6 is 0 Å². The number of hydrogen-bond donors (Lipinski definition) is 0. The van der Waals surface area contributed by atoms with Crippen LogP contribution in [0.25, 0.3) is 11.0 Å². The lowest BCUT2D eigenvalue weighted by Gasteiger charge is -2.13. The van der Waals surface area contributed by atoms with E-state index in [9.17, 15) is 9.18 Å². The van der Waals surface area contributed by atoms with Gasteiger partial charge in [0.1, 0.15) is 0 Å². The van der Waals surface area contributed by atoms with E-state index in [1.165, 1.54) is 0 Å². The minimum atomic E-state index is -0.528. The lowest BCUT2D eigenvalue weighted by molar-refractivity contribution is 0.0830. The summed E-state index contributed by atoms with van der Waals surface area (Å²) in [6.45, 7) is 7.10. The molecule has 17 heavy (non-hydrogen) atoms. The molecule has 2 aromatic rings. The number of ketones is 1. The minimum absolute atomic E-state index is 0.120. The van der Waals surface area contributed by atoms with Crippen molar-refractivity contribution in [1.29, 1.82) is 0 Å². The van der Waals surface area contributed by atoms with Crippen LogP contribution in [0.5, 0.6) is 0 Å². The van der Waals surface area contributed by atoms with Crippen molar-refractivity contribution >= 4 is 16.8 Å². The number of aryl methyl sites for hydroxylation is 1. The van der Waals surface area contributed by atoms with Crippen molar-refractivity contribution in [3.63, 3.8) is 0 Å². The monoisotopic (exact) mass is 234 g/mol. The Morgan fingerprint density at radius 2 is 1.94 bits per heavy atom. The van der Waals surface area contributed by atoms with Crippen molar-refractivity contribution < 1.29 is 13.6 Å². The first-order chi connectivity index (χ1) is 7.80. The van der Waals surface area contributed by atoms with E-state index in [1.807, 2.05) is 20.8 Å². The number of halogens is 1. The maximum Gasteiger partial charge on any atom is 0.203 e. The largest absolute Gasteiger partial charge is 0.450 e. The summed E-state index contributed by atoms with van der Waals surface area (Å²) >= 11 is 0. The molecule has 0 unspecified atom stereocenters. The Hall–Kier alpha value is -1.64. The minimum Gasteiger partial charge on any atom is -0.450 e. The average Bonchev–Trinajstić information content (AvgIpc) is 2.65. The molecule has 0 amide bonds. The topological polar surface area (TPSA) is 30.2 Å². The quantitative estimate of drug-likeness (QED) is 0.695. The van der Waals surface area contributed by atoms with Gasteiger partial charge in [0.2, 0.25) is 5.78 Å². The van der Waals surface area contributed by atoms with Crippen LogP contribution in [0.2, 0.25) is 0 Å². The molecule has 0 spiro atoms. The molecule has 0 fully saturated rings. The molecule has 90 valence electrons. The van der Waals surface area contributed by atoms with Crippen LogP contribution in [-0.2, 0) is 0 Å². The van der Waals surface area contributed by atoms with Crippen LogP contribution in [0.4, 0.5) is 4.39 Å². The number of Topliss-reactive ketones (excluding diaryl/α,β-unsaturated/α-hetero) is 1. The fourth-order valence-electron chi connectivity index (χ4n) is 1.65. The summed E-state index contributed by atoms with van der Waals surface area (Å²) in [5.41, 5.74) is 0.151. The number of fused-ring (bicyclic) bond motifs is 1. The summed E-state index contributed by atoms with van der Waals surface area (Å²) in [6, 6.07) is 5.04. The molecule has 2 nitrogen and oxygen atoms in total. The van der Waals surface area contributed by atoms with Crippen molar-refractivity contribution in [2.75, 3.05) is 0 Å². The van der Waals surface area contributed by atoms with Crippen LogP contribution in [0, 0.1) is 18.2 Å². The van der Waals surface area contributed by atoms with Gasteiger partial charge in [-0.3, -0.25) is 4.79 Å². The molecule has 0 saturated heterocycles. The van der Waals surface area contributed by atoms with E-state index in [-0.39, 0.29) is 17.1 Å². The zero-order valence-electron chi connectivity index (χ0n) is 10.4. The van der Waals surface area contributed by atoms with E-state index < -0.39 is 11.2 Å². The molecule has 1 aromatic heterocycles. The third-order valence-electron chi connectivity index (χ3n) is 2.72. The molecule has 0 radical (unpaired) electrons. The van der Waals surface area contributed by atoms with Crippen molar-refractivity contribution in [2.45, 2.75) is 27.7 Å². The summed E-state index contributed by atoms with van der Waals surface area (Å²) in [7, 11) is 0. The van der Waals surface area contributed by atoms with Crippen LogP contribution in [-0.4, -0.2) is 5.78 Å². The van der Waals surface area contributed by atoms with Gasteiger partial charge in [-0.1, -0.05) is 32.9 Å². The molecule has 0 aliphatic carbocycles. The second-order valence-corrected chi connectivity index (χ2v) is 5.30. The van der Waals surface area contributed by atoms with Crippen LogP contribution in [0.15, 0.2) is 22.6 Å². The van der Waals surface area contributed by atoms with Crippen LogP contribution < -0.4 is 0 Å². The normalized spacial score (nSPS) is 12.1. The molecule has 3 heteroatoms. The van der Waals surface area contributed by atoms with E-state index in [1.54, 1.807) is 25.1 Å². The van der Waals surface area contributed by atoms with Gasteiger partial charge in [-0.15, -0.1) is 0 Å². The maximum absolute atomic E-state index is 13.8. The molecule has 0 aliphatic rings. The Balaban J connectivity index is 2.60. The molecule has 0 saturated carbocycles.